The Balaban J connectivity index is 1.23. The number of fused-ring (bicyclic) bond motifs is 1. The van der Waals surface area contributed by atoms with Crippen LogP contribution in [0.5, 0.6) is 6.01 Å². The standard InChI is InChI=1S/C25H27FN4O3/c26-20-12-16(7-10-19(20)24-29-21-3-1-2-4-22(21)30-24)17-13-27-25(28-14-17)33-18-8-5-15(6-9-18)11-23(31)32/h7,10,12-15,18H,1-6,8-9,11H2,(H,29,30)(H,31,32)/t15-,18+. The number of imidazole rings is 1. The molecule has 0 atom stereocenters. The number of nitrogens with zero attached hydrogens (tertiary/aromatic N) is 3. The number of aliphatic carboxylic acids is 1. The smallest absolute Gasteiger partial charge is 0.316 e. The van der Waals surface area contributed by atoms with Crippen molar-refractivity contribution in [3.05, 3.63) is 47.8 Å². The number of hydrogen-bond donors (Lipinski definition) is 2. The molecule has 7 nitrogen and oxygen atoms in total. The largest absolute Gasteiger partial charge is 0.481 e. The lowest BCUT2D eigenvalue weighted by Gasteiger charge is -2.27. The fraction of sp³-hybridized carbons (Fsp3) is 0.440. The van der Waals surface area contributed by atoms with E-state index in [1.807, 2.05) is 6.07 Å². The van der Waals surface area contributed by atoms with Gasteiger partial charge in [-0.1, -0.05) is 6.07 Å². The molecule has 0 unspecified atom stereocenters. The van der Waals surface area contributed by atoms with E-state index >= 15 is 0 Å². The molecule has 1 saturated carbocycles. The number of halogens is 1. The van der Waals surface area contributed by atoms with Crippen molar-refractivity contribution < 1.29 is 19.0 Å². The lowest BCUT2D eigenvalue weighted by atomic mass is 9.85. The van der Waals surface area contributed by atoms with Gasteiger partial charge in [0.25, 0.3) is 0 Å². The first kappa shape index (κ1) is 21.6. The monoisotopic (exact) mass is 450 g/mol. The Labute approximate surface area is 191 Å². The van der Waals surface area contributed by atoms with Gasteiger partial charge in [-0.2, -0.15) is 0 Å². The average Bonchev–Trinajstić information content (AvgIpc) is 3.24. The van der Waals surface area contributed by atoms with Crippen molar-refractivity contribution in [2.24, 2.45) is 5.92 Å². The van der Waals surface area contributed by atoms with Crippen molar-refractivity contribution in [3.8, 4) is 28.5 Å². The summed E-state index contributed by atoms with van der Waals surface area (Å²) in [6, 6.07) is 5.37. The maximum Gasteiger partial charge on any atom is 0.316 e. The van der Waals surface area contributed by atoms with Crippen LogP contribution in [0.15, 0.2) is 30.6 Å². The normalized spacial score (nSPS) is 20.3. The number of benzene rings is 1. The number of nitrogens with one attached hydrogen (secondary N) is 1. The van der Waals surface area contributed by atoms with Crippen LogP contribution in [0.1, 0.15) is 56.3 Å². The van der Waals surface area contributed by atoms with Crippen LogP contribution in [-0.4, -0.2) is 37.1 Å². The van der Waals surface area contributed by atoms with E-state index in [-0.39, 0.29) is 24.3 Å². The maximum absolute atomic E-state index is 14.9. The third-order valence-corrected chi connectivity index (χ3v) is 6.67. The van der Waals surface area contributed by atoms with Crippen molar-refractivity contribution in [1.29, 1.82) is 0 Å². The van der Waals surface area contributed by atoms with Gasteiger partial charge in [-0.3, -0.25) is 4.79 Å². The average molecular weight is 451 g/mol. The number of aryl methyl sites for hydroxylation is 2. The van der Waals surface area contributed by atoms with Crippen LogP contribution in [0.3, 0.4) is 0 Å². The van der Waals surface area contributed by atoms with E-state index in [1.54, 1.807) is 18.5 Å². The van der Waals surface area contributed by atoms with E-state index in [0.717, 1.165) is 62.8 Å². The van der Waals surface area contributed by atoms with Crippen molar-refractivity contribution in [3.63, 3.8) is 0 Å². The SMILES string of the molecule is O=C(O)C[C@H]1CC[C@@H](Oc2ncc(-c3ccc(-c4nc5c([nH]4)CCCC5)c(F)c3)cn2)CC1. The summed E-state index contributed by atoms with van der Waals surface area (Å²) in [5, 5.41) is 8.93. The van der Waals surface area contributed by atoms with Crippen LogP contribution in [-0.2, 0) is 17.6 Å². The number of carboxylic acid groups (broad SMARTS) is 1. The number of aromatic nitrogens is 4. The lowest BCUT2D eigenvalue weighted by Crippen LogP contribution is -2.25. The predicted octanol–water partition coefficient (Wildman–Crippen LogP) is 4.96. The zero-order chi connectivity index (χ0) is 22.8. The summed E-state index contributed by atoms with van der Waals surface area (Å²) < 4.78 is 20.8. The van der Waals surface area contributed by atoms with Gasteiger partial charge in [0.1, 0.15) is 17.7 Å². The second kappa shape index (κ2) is 9.29. The van der Waals surface area contributed by atoms with Crippen LogP contribution in [0.4, 0.5) is 4.39 Å². The summed E-state index contributed by atoms with van der Waals surface area (Å²) in [6.45, 7) is 0. The molecule has 0 bridgehead atoms. The zero-order valence-corrected chi connectivity index (χ0v) is 18.4. The highest BCUT2D eigenvalue weighted by Gasteiger charge is 2.24. The summed E-state index contributed by atoms with van der Waals surface area (Å²) in [5.74, 6) is -0.276. The van der Waals surface area contributed by atoms with Crippen LogP contribution in [0, 0.1) is 11.7 Å². The summed E-state index contributed by atoms with van der Waals surface area (Å²) in [4.78, 5) is 27.4. The molecule has 1 fully saturated rings. The van der Waals surface area contributed by atoms with Gasteiger partial charge in [-0.05, 0) is 75.0 Å². The molecule has 2 heterocycles. The first-order valence-electron chi connectivity index (χ1n) is 11.6. The van der Waals surface area contributed by atoms with Gasteiger partial charge in [0.2, 0.25) is 0 Å². The molecule has 0 aliphatic heterocycles. The molecule has 2 aliphatic rings. The molecule has 2 aromatic heterocycles. The second-order valence-corrected chi connectivity index (χ2v) is 9.03. The highest BCUT2D eigenvalue weighted by atomic mass is 19.1. The highest BCUT2D eigenvalue weighted by Crippen LogP contribution is 2.31. The molecule has 2 N–H and O–H groups in total. The van der Waals surface area contributed by atoms with Gasteiger partial charge in [-0.15, -0.1) is 0 Å². The van der Waals surface area contributed by atoms with E-state index in [4.69, 9.17) is 9.84 Å². The Hall–Kier alpha value is -3.29. The minimum absolute atomic E-state index is 0.00302. The van der Waals surface area contributed by atoms with Gasteiger partial charge in [-0.25, -0.2) is 19.3 Å². The maximum atomic E-state index is 14.9. The minimum Gasteiger partial charge on any atom is -0.481 e. The Kier molecular flexibility index (Phi) is 6.07. The van der Waals surface area contributed by atoms with Gasteiger partial charge in [0.05, 0.1) is 11.3 Å². The molecule has 33 heavy (non-hydrogen) atoms. The first-order chi connectivity index (χ1) is 16.0. The Morgan fingerprint density at radius 1 is 1.09 bits per heavy atom. The van der Waals surface area contributed by atoms with Gasteiger partial charge in [0.15, 0.2) is 0 Å². The fourth-order valence-corrected chi connectivity index (χ4v) is 4.84. The summed E-state index contributed by atoms with van der Waals surface area (Å²) in [6.07, 6.45) is 10.9. The molecule has 8 heteroatoms. The Bertz CT molecular complexity index is 1110. The van der Waals surface area contributed by atoms with Crippen molar-refractivity contribution in [1.82, 2.24) is 19.9 Å². The predicted molar refractivity (Wildman–Crippen MR) is 120 cm³/mol. The number of aromatic amines is 1. The van der Waals surface area contributed by atoms with E-state index in [2.05, 4.69) is 19.9 Å². The van der Waals surface area contributed by atoms with Crippen molar-refractivity contribution in [2.75, 3.05) is 0 Å². The number of carbonyl (C=O) groups is 1. The van der Waals surface area contributed by atoms with E-state index in [9.17, 15) is 9.18 Å². The highest BCUT2D eigenvalue weighted by molar-refractivity contribution is 5.68. The zero-order valence-electron chi connectivity index (χ0n) is 18.4. The molecule has 3 aromatic rings. The van der Waals surface area contributed by atoms with Crippen molar-refractivity contribution in [2.45, 2.75) is 63.9 Å². The molecule has 2 aliphatic carbocycles. The quantitative estimate of drug-likeness (QED) is 0.550. The molecule has 172 valence electrons. The molecular formula is C25H27FN4O3. The summed E-state index contributed by atoms with van der Waals surface area (Å²) >= 11 is 0. The number of ether oxygens (including phenoxy) is 1. The first-order valence-corrected chi connectivity index (χ1v) is 11.6. The number of rotatable bonds is 6. The second-order valence-electron chi connectivity index (χ2n) is 9.03. The number of H-pyrrole nitrogens is 1. The Morgan fingerprint density at radius 3 is 2.55 bits per heavy atom. The van der Waals surface area contributed by atoms with E-state index in [1.165, 1.54) is 6.07 Å². The van der Waals surface area contributed by atoms with Crippen LogP contribution >= 0.6 is 0 Å². The van der Waals surface area contributed by atoms with Crippen LogP contribution in [0.2, 0.25) is 0 Å². The third kappa shape index (κ3) is 4.89. The number of hydrogen-bond acceptors (Lipinski definition) is 5. The van der Waals surface area contributed by atoms with Crippen LogP contribution in [0.25, 0.3) is 22.5 Å². The number of carboxylic acids is 1. The molecule has 0 amide bonds. The van der Waals surface area contributed by atoms with Gasteiger partial charge in [0, 0.05) is 30.1 Å². The van der Waals surface area contributed by atoms with Crippen LogP contribution < -0.4 is 4.74 Å². The van der Waals surface area contributed by atoms with Gasteiger partial charge < -0.3 is 14.8 Å². The van der Waals surface area contributed by atoms with Crippen molar-refractivity contribution >= 4 is 5.97 Å². The van der Waals surface area contributed by atoms with Gasteiger partial charge >= 0.3 is 12.0 Å². The Morgan fingerprint density at radius 2 is 1.85 bits per heavy atom. The molecule has 1 aromatic carbocycles. The van der Waals surface area contributed by atoms with E-state index < -0.39 is 5.97 Å². The molecule has 5 rings (SSSR count). The minimum atomic E-state index is -0.744. The molecule has 0 spiro atoms. The topological polar surface area (TPSA) is 101 Å². The van der Waals surface area contributed by atoms with E-state index in [0.29, 0.717) is 28.5 Å². The molecular weight excluding hydrogens is 423 g/mol. The lowest BCUT2D eigenvalue weighted by molar-refractivity contribution is -0.138. The third-order valence-electron chi connectivity index (χ3n) is 6.67. The molecule has 0 saturated heterocycles. The summed E-state index contributed by atoms with van der Waals surface area (Å²) in [7, 11) is 0. The molecule has 0 radical (unpaired) electrons. The summed E-state index contributed by atoms with van der Waals surface area (Å²) in [5.41, 5.74) is 4.04. The fourth-order valence-electron chi connectivity index (χ4n) is 4.84.